The number of hydrogen-bond acceptors (Lipinski definition) is 7. The van der Waals surface area contributed by atoms with Crippen LogP contribution in [0.5, 0.6) is 0 Å². The molecule has 1 aliphatic heterocycles. The minimum atomic E-state index is -0.378. The van der Waals surface area contributed by atoms with Crippen LogP contribution in [-0.4, -0.2) is 39.1 Å². The van der Waals surface area contributed by atoms with Gasteiger partial charge in [-0.25, -0.2) is 9.97 Å². The van der Waals surface area contributed by atoms with E-state index in [-0.39, 0.29) is 11.6 Å². The van der Waals surface area contributed by atoms with E-state index in [1.165, 1.54) is 0 Å². The number of rotatable bonds is 4. The van der Waals surface area contributed by atoms with E-state index in [9.17, 15) is 4.79 Å². The van der Waals surface area contributed by atoms with E-state index in [0.717, 1.165) is 37.4 Å². The summed E-state index contributed by atoms with van der Waals surface area (Å²) in [6.45, 7) is 4.19. The number of nitrogens with one attached hydrogen (secondary N) is 1. The summed E-state index contributed by atoms with van der Waals surface area (Å²) in [5, 5.41) is 6.56. The monoisotopic (exact) mass is 364 g/mol. The highest BCUT2D eigenvalue weighted by Gasteiger charge is 2.18. The fourth-order valence-corrected chi connectivity index (χ4v) is 2.98. The molecule has 4 rings (SSSR count). The smallest absolute Gasteiger partial charge is 0.277 e. The molecular weight excluding hydrogens is 344 g/mol. The van der Waals surface area contributed by atoms with Crippen LogP contribution >= 0.6 is 0 Å². The van der Waals surface area contributed by atoms with Crippen LogP contribution in [0.15, 0.2) is 47.5 Å². The molecule has 1 amide bonds. The summed E-state index contributed by atoms with van der Waals surface area (Å²) in [4.78, 5) is 27.3. The first kappa shape index (κ1) is 17.1. The Hall–Kier alpha value is -3.29. The Kier molecular flexibility index (Phi) is 4.78. The summed E-state index contributed by atoms with van der Waals surface area (Å²) >= 11 is 0. The molecule has 0 aromatic carbocycles. The van der Waals surface area contributed by atoms with Crippen molar-refractivity contribution in [1.82, 2.24) is 20.1 Å². The topological polar surface area (TPSA) is 97.0 Å². The van der Waals surface area contributed by atoms with Crippen molar-refractivity contribution in [1.29, 1.82) is 0 Å². The van der Waals surface area contributed by atoms with Gasteiger partial charge in [-0.1, -0.05) is 12.1 Å². The second-order valence-corrected chi connectivity index (χ2v) is 6.71. The minimum Gasteiger partial charge on any atom is -0.355 e. The molecule has 8 heteroatoms. The lowest BCUT2D eigenvalue weighted by Crippen LogP contribution is -2.34. The lowest BCUT2D eigenvalue weighted by molar-refractivity contribution is 0.101. The van der Waals surface area contributed by atoms with Crippen LogP contribution in [-0.2, 0) is 0 Å². The third kappa shape index (κ3) is 3.94. The highest BCUT2D eigenvalue weighted by Crippen LogP contribution is 2.21. The number of piperidine rings is 1. The van der Waals surface area contributed by atoms with Crippen molar-refractivity contribution in [3.05, 3.63) is 48.7 Å². The molecule has 138 valence electrons. The van der Waals surface area contributed by atoms with Crippen LogP contribution in [0.1, 0.15) is 30.3 Å². The number of pyridine rings is 1. The maximum atomic E-state index is 12.4. The van der Waals surface area contributed by atoms with Crippen LogP contribution in [0.4, 0.5) is 11.6 Å². The lowest BCUT2D eigenvalue weighted by Gasteiger charge is -2.30. The van der Waals surface area contributed by atoms with Crippen LogP contribution in [0.3, 0.4) is 0 Å². The van der Waals surface area contributed by atoms with Crippen molar-refractivity contribution in [2.75, 3.05) is 23.3 Å². The highest BCUT2D eigenvalue weighted by atomic mass is 16.5. The largest absolute Gasteiger partial charge is 0.355 e. The fourth-order valence-electron chi connectivity index (χ4n) is 2.98. The zero-order valence-corrected chi connectivity index (χ0v) is 15.0. The average Bonchev–Trinajstić information content (AvgIpc) is 3.20. The average molecular weight is 364 g/mol. The first-order chi connectivity index (χ1) is 13.2. The molecule has 27 heavy (non-hydrogen) atoms. The van der Waals surface area contributed by atoms with Gasteiger partial charge in [0.2, 0.25) is 5.95 Å². The van der Waals surface area contributed by atoms with Gasteiger partial charge in [0.05, 0.1) is 18.1 Å². The zero-order chi connectivity index (χ0) is 18.6. The van der Waals surface area contributed by atoms with Crippen molar-refractivity contribution >= 4 is 17.5 Å². The SMILES string of the molecule is CC1CCN(c2ncc(NC(=O)c3cc(-c4cccnc4)on3)cn2)CC1. The normalized spacial score (nSPS) is 14.9. The number of amides is 1. The maximum absolute atomic E-state index is 12.4. The molecule has 0 atom stereocenters. The second-order valence-electron chi connectivity index (χ2n) is 6.71. The van der Waals surface area contributed by atoms with Crippen molar-refractivity contribution in [2.24, 2.45) is 5.92 Å². The van der Waals surface area contributed by atoms with Gasteiger partial charge in [0.15, 0.2) is 11.5 Å². The number of carbonyl (C=O) groups excluding carboxylic acids is 1. The summed E-state index contributed by atoms with van der Waals surface area (Å²) in [5.41, 5.74) is 1.45. The van der Waals surface area contributed by atoms with Gasteiger partial charge in [0, 0.05) is 37.1 Å². The summed E-state index contributed by atoms with van der Waals surface area (Å²) in [6.07, 6.45) is 8.83. The predicted molar refractivity (Wildman–Crippen MR) is 100 cm³/mol. The summed E-state index contributed by atoms with van der Waals surface area (Å²) < 4.78 is 5.23. The van der Waals surface area contributed by atoms with Gasteiger partial charge < -0.3 is 14.7 Å². The van der Waals surface area contributed by atoms with E-state index in [0.29, 0.717) is 17.4 Å². The number of aromatic nitrogens is 4. The zero-order valence-electron chi connectivity index (χ0n) is 15.0. The fraction of sp³-hybridized carbons (Fsp3) is 0.316. The third-order valence-corrected chi connectivity index (χ3v) is 4.65. The Labute approximate surface area is 156 Å². The molecular formula is C19H20N6O2. The molecule has 4 heterocycles. The minimum absolute atomic E-state index is 0.183. The van der Waals surface area contributed by atoms with Gasteiger partial charge >= 0.3 is 0 Å². The van der Waals surface area contributed by atoms with Crippen molar-refractivity contribution < 1.29 is 9.32 Å². The first-order valence-corrected chi connectivity index (χ1v) is 8.94. The number of carbonyl (C=O) groups is 1. The van der Waals surface area contributed by atoms with Gasteiger partial charge in [0.25, 0.3) is 5.91 Å². The molecule has 3 aromatic heterocycles. The van der Waals surface area contributed by atoms with Gasteiger partial charge in [-0.3, -0.25) is 9.78 Å². The predicted octanol–water partition coefficient (Wildman–Crippen LogP) is 3.02. The van der Waals surface area contributed by atoms with E-state index in [1.807, 2.05) is 6.07 Å². The maximum Gasteiger partial charge on any atom is 0.277 e. The van der Waals surface area contributed by atoms with Crippen molar-refractivity contribution in [2.45, 2.75) is 19.8 Å². The molecule has 1 N–H and O–H groups in total. The molecule has 3 aromatic rings. The Morgan fingerprint density at radius 2 is 2.00 bits per heavy atom. The van der Waals surface area contributed by atoms with Gasteiger partial charge in [-0.05, 0) is 30.9 Å². The van der Waals surface area contributed by atoms with Gasteiger partial charge in [0.1, 0.15) is 0 Å². The summed E-state index contributed by atoms with van der Waals surface area (Å²) in [6, 6.07) is 5.21. The Balaban J connectivity index is 1.40. The number of nitrogens with zero attached hydrogens (tertiary/aromatic N) is 5. The molecule has 1 fully saturated rings. The summed E-state index contributed by atoms with van der Waals surface area (Å²) in [7, 11) is 0. The Bertz CT molecular complexity index is 901. The van der Waals surface area contributed by atoms with Crippen LogP contribution in [0, 0.1) is 5.92 Å². The quantitative estimate of drug-likeness (QED) is 0.760. The molecule has 0 saturated carbocycles. The van der Waals surface area contributed by atoms with E-state index < -0.39 is 0 Å². The number of hydrogen-bond donors (Lipinski definition) is 1. The number of anilines is 2. The van der Waals surface area contributed by atoms with E-state index >= 15 is 0 Å². The molecule has 0 bridgehead atoms. The first-order valence-electron chi connectivity index (χ1n) is 8.94. The Morgan fingerprint density at radius 3 is 2.70 bits per heavy atom. The molecule has 1 saturated heterocycles. The molecule has 0 radical (unpaired) electrons. The summed E-state index contributed by atoms with van der Waals surface area (Å²) in [5.74, 6) is 1.55. The third-order valence-electron chi connectivity index (χ3n) is 4.65. The van der Waals surface area contributed by atoms with Crippen molar-refractivity contribution in [3.8, 4) is 11.3 Å². The highest BCUT2D eigenvalue weighted by molar-refractivity contribution is 6.03. The van der Waals surface area contributed by atoms with E-state index in [2.05, 4.69) is 37.2 Å². The standard InChI is InChI=1S/C19H20N6O2/c1-13-4-7-25(8-5-13)19-21-11-15(12-22-19)23-18(26)16-9-17(27-24-16)14-3-2-6-20-10-14/h2-3,6,9-13H,4-5,7-8H2,1H3,(H,23,26). The van der Waals surface area contributed by atoms with Gasteiger partial charge in [-0.15, -0.1) is 0 Å². The van der Waals surface area contributed by atoms with Crippen LogP contribution < -0.4 is 10.2 Å². The molecule has 8 nitrogen and oxygen atoms in total. The molecule has 1 aliphatic rings. The molecule has 0 aliphatic carbocycles. The van der Waals surface area contributed by atoms with Crippen molar-refractivity contribution in [3.63, 3.8) is 0 Å². The van der Waals surface area contributed by atoms with E-state index in [1.54, 1.807) is 36.9 Å². The second kappa shape index (κ2) is 7.53. The lowest BCUT2D eigenvalue weighted by atomic mass is 10.00. The van der Waals surface area contributed by atoms with Crippen LogP contribution in [0.2, 0.25) is 0 Å². The van der Waals surface area contributed by atoms with E-state index in [4.69, 9.17) is 4.52 Å². The molecule has 0 spiro atoms. The Morgan fingerprint density at radius 1 is 1.22 bits per heavy atom. The van der Waals surface area contributed by atoms with Gasteiger partial charge in [-0.2, -0.15) is 0 Å². The molecule has 0 unspecified atom stereocenters. The van der Waals surface area contributed by atoms with Crippen LogP contribution in [0.25, 0.3) is 11.3 Å².